The fourth-order valence-corrected chi connectivity index (χ4v) is 4.59. The van der Waals surface area contributed by atoms with E-state index in [0.717, 1.165) is 5.56 Å². The molecule has 1 aliphatic heterocycles. The highest BCUT2D eigenvalue weighted by Gasteiger charge is 2.32. The zero-order chi connectivity index (χ0) is 18.4. The highest BCUT2D eigenvalue weighted by molar-refractivity contribution is 7.87. The van der Waals surface area contributed by atoms with Gasteiger partial charge in [0.25, 0.3) is 10.2 Å². The molecular formula is C17H26N2O5S. The van der Waals surface area contributed by atoms with Crippen LogP contribution in [-0.4, -0.2) is 55.1 Å². The van der Waals surface area contributed by atoms with Gasteiger partial charge < -0.3 is 9.84 Å². The van der Waals surface area contributed by atoms with Crippen LogP contribution in [0.15, 0.2) is 30.3 Å². The molecule has 2 N–H and O–H groups in total. The lowest BCUT2D eigenvalue weighted by molar-refractivity contribution is -0.137. The molecule has 3 atom stereocenters. The third kappa shape index (κ3) is 6.39. The number of ether oxygens (including phenoxy) is 1. The van der Waals surface area contributed by atoms with Crippen LogP contribution >= 0.6 is 0 Å². The van der Waals surface area contributed by atoms with Gasteiger partial charge in [0.05, 0.1) is 12.2 Å². The lowest BCUT2D eigenvalue weighted by Crippen LogP contribution is -2.54. The Hall–Kier alpha value is -1.48. The third-order valence-electron chi connectivity index (χ3n) is 4.07. The van der Waals surface area contributed by atoms with E-state index in [9.17, 15) is 13.2 Å². The van der Waals surface area contributed by atoms with Gasteiger partial charge in [-0.05, 0) is 32.3 Å². The fraction of sp³-hybridized carbons (Fsp3) is 0.588. The van der Waals surface area contributed by atoms with Crippen LogP contribution in [0.4, 0.5) is 0 Å². The quantitative estimate of drug-likeness (QED) is 0.721. The van der Waals surface area contributed by atoms with Gasteiger partial charge in [-0.25, -0.2) is 0 Å². The SMILES string of the molecule is CC1CN(S(=O)(=O)NC(CCC(=O)O)Cc2ccccc2)CC(C)O1. The molecule has 7 nitrogen and oxygen atoms in total. The van der Waals surface area contributed by atoms with Crippen molar-refractivity contribution in [3.8, 4) is 0 Å². The summed E-state index contributed by atoms with van der Waals surface area (Å²) in [6.07, 6.45) is 0.247. The Bertz CT molecular complexity index is 655. The number of nitrogens with zero attached hydrogens (tertiary/aromatic N) is 1. The number of benzene rings is 1. The molecule has 1 saturated heterocycles. The van der Waals surface area contributed by atoms with E-state index in [1.54, 1.807) is 0 Å². The Morgan fingerprint density at radius 2 is 1.88 bits per heavy atom. The molecule has 0 bridgehead atoms. The first-order chi connectivity index (χ1) is 11.8. The maximum absolute atomic E-state index is 12.7. The van der Waals surface area contributed by atoms with Gasteiger partial charge in [-0.2, -0.15) is 17.4 Å². The summed E-state index contributed by atoms with van der Waals surface area (Å²) in [6, 6.07) is 8.97. The van der Waals surface area contributed by atoms with Crippen molar-refractivity contribution in [2.45, 2.75) is 51.4 Å². The summed E-state index contributed by atoms with van der Waals surface area (Å²) in [5.41, 5.74) is 0.962. The minimum atomic E-state index is -3.71. The molecule has 0 aromatic heterocycles. The lowest BCUT2D eigenvalue weighted by Gasteiger charge is -2.35. The smallest absolute Gasteiger partial charge is 0.303 e. The molecule has 0 amide bonds. The van der Waals surface area contributed by atoms with Crippen molar-refractivity contribution in [3.05, 3.63) is 35.9 Å². The second-order valence-corrected chi connectivity index (χ2v) is 8.22. The van der Waals surface area contributed by atoms with Gasteiger partial charge in [0.2, 0.25) is 0 Å². The van der Waals surface area contributed by atoms with Crippen LogP contribution in [-0.2, 0) is 26.2 Å². The third-order valence-corrected chi connectivity index (χ3v) is 5.68. The van der Waals surface area contributed by atoms with Gasteiger partial charge >= 0.3 is 5.97 Å². The van der Waals surface area contributed by atoms with Crippen LogP contribution in [0.1, 0.15) is 32.3 Å². The maximum atomic E-state index is 12.7. The van der Waals surface area contributed by atoms with Crippen molar-refractivity contribution in [1.82, 2.24) is 9.03 Å². The first-order valence-corrected chi connectivity index (χ1v) is 9.89. The molecule has 1 aromatic rings. The van der Waals surface area contributed by atoms with E-state index in [4.69, 9.17) is 9.84 Å². The lowest BCUT2D eigenvalue weighted by atomic mass is 10.0. The molecule has 1 heterocycles. The topological polar surface area (TPSA) is 95.9 Å². The van der Waals surface area contributed by atoms with Gasteiger partial charge in [0.1, 0.15) is 0 Å². The molecule has 0 aliphatic carbocycles. The Balaban J connectivity index is 2.09. The molecular weight excluding hydrogens is 344 g/mol. The van der Waals surface area contributed by atoms with Crippen molar-refractivity contribution in [3.63, 3.8) is 0 Å². The van der Waals surface area contributed by atoms with E-state index in [2.05, 4.69) is 4.72 Å². The van der Waals surface area contributed by atoms with Crippen LogP contribution < -0.4 is 4.72 Å². The fourth-order valence-electron chi connectivity index (χ4n) is 3.01. The summed E-state index contributed by atoms with van der Waals surface area (Å²) in [5, 5.41) is 8.94. The van der Waals surface area contributed by atoms with Crippen LogP contribution in [0.3, 0.4) is 0 Å². The number of hydrogen-bond acceptors (Lipinski definition) is 4. The molecule has 1 aliphatic rings. The van der Waals surface area contributed by atoms with E-state index >= 15 is 0 Å². The first kappa shape index (κ1) is 19.8. The summed E-state index contributed by atoms with van der Waals surface area (Å²) >= 11 is 0. The number of carboxylic acids is 1. The second-order valence-electron chi connectivity index (χ2n) is 6.52. The van der Waals surface area contributed by atoms with Crippen molar-refractivity contribution < 1.29 is 23.1 Å². The molecule has 25 heavy (non-hydrogen) atoms. The predicted octanol–water partition coefficient (Wildman–Crippen LogP) is 1.41. The Labute approximate surface area is 149 Å². The Morgan fingerprint density at radius 1 is 1.28 bits per heavy atom. The molecule has 0 spiro atoms. The van der Waals surface area contributed by atoms with Crippen molar-refractivity contribution in [2.75, 3.05) is 13.1 Å². The normalized spacial score (nSPS) is 23.3. The van der Waals surface area contributed by atoms with E-state index in [0.29, 0.717) is 6.42 Å². The van der Waals surface area contributed by atoms with Crippen LogP contribution in [0.25, 0.3) is 0 Å². The van der Waals surface area contributed by atoms with E-state index in [1.807, 2.05) is 44.2 Å². The Morgan fingerprint density at radius 3 is 2.44 bits per heavy atom. The van der Waals surface area contributed by atoms with E-state index < -0.39 is 22.2 Å². The average Bonchev–Trinajstić information content (AvgIpc) is 2.52. The van der Waals surface area contributed by atoms with E-state index in [-0.39, 0.29) is 38.1 Å². The number of carboxylic acid groups (broad SMARTS) is 1. The molecule has 1 aromatic carbocycles. The number of aliphatic carboxylic acids is 1. The van der Waals surface area contributed by atoms with Crippen molar-refractivity contribution in [2.24, 2.45) is 0 Å². The molecule has 1 fully saturated rings. The summed E-state index contributed by atoms with van der Waals surface area (Å²) < 4.78 is 35.1. The van der Waals surface area contributed by atoms with Crippen molar-refractivity contribution >= 4 is 16.2 Å². The molecule has 140 valence electrons. The van der Waals surface area contributed by atoms with Crippen LogP contribution in [0, 0.1) is 0 Å². The largest absolute Gasteiger partial charge is 0.481 e. The summed E-state index contributed by atoms with van der Waals surface area (Å²) in [6.45, 7) is 4.25. The van der Waals surface area contributed by atoms with E-state index in [1.165, 1.54) is 4.31 Å². The van der Waals surface area contributed by atoms with Crippen LogP contribution in [0.2, 0.25) is 0 Å². The Kier molecular flexibility index (Phi) is 6.95. The van der Waals surface area contributed by atoms with Gasteiger partial charge in [-0.15, -0.1) is 0 Å². The van der Waals surface area contributed by atoms with Gasteiger partial charge in [-0.3, -0.25) is 4.79 Å². The van der Waals surface area contributed by atoms with Crippen molar-refractivity contribution in [1.29, 1.82) is 0 Å². The van der Waals surface area contributed by atoms with Gasteiger partial charge in [-0.1, -0.05) is 30.3 Å². The number of morpholine rings is 1. The monoisotopic (exact) mass is 370 g/mol. The summed E-state index contributed by atoms with van der Waals surface area (Å²) in [4.78, 5) is 10.9. The number of nitrogens with one attached hydrogen (secondary N) is 1. The molecule has 3 unspecified atom stereocenters. The highest BCUT2D eigenvalue weighted by Crippen LogP contribution is 2.16. The standard InChI is InChI=1S/C17H26N2O5S/c1-13-11-19(12-14(2)24-13)25(22,23)18-16(8-9-17(20)21)10-15-6-4-3-5-7-15/h3-7,13-14,16,18H,8-12H2,1-2H3,(H,20,21). The number of rotatable bonds is 8. The predicted molar refractivity (Wildman–Crippen MR) is 94.4 cm³/mol. The first-order valence-electron chi connectivity index (χ1n) is 8.45. The molecule has 0 saturated carbocycles. The summed E-state index contributed by atoms with van der Waals surface area (Å²) in [7, 11) is -3.71. The summed E-state index contributed by atoms with van der Waals surface area (Å²) in [5.74, 6) is -0.939. The number of carbonyl (C=O) groups is 1. The maximum Gasteiger partial charge on any atom is 0.303 e. The second kappa shape index (κ2) is 8.75. The molecule has 0 radical (unpaired) electrons. The zero-order valence-corrected chi connectivity index (χ0v) is 15.4. The highest BCUT2D eigenvalue weighted by atomic mass is 32.2. The molecule has 2 rings (SSSR count). The van der Waals surface area contributed by atoms with Crippen LogP contribution in [0.5, 0.6) is 0 Å². The molecule has 8 heteroatoms. The zero-order valence-electron chi connectivity index (χ0n) is 14.6. The minimum absolute atomic E-state index is 0.0874. The average molecular weight is 370 g/mol. The number of hydrogen-bond donors (Lipinski definition) is 2. The minimum Gasteiger partial charge on any atom is -0.481 e. The van der Waals surface area contributed by atoms with Gasteiger partial charge in [0, 0.05) is 25.6 Å². The van der Waals surface area contributed by atoms with Gasteiger partial charge in [0.15, 0.2) is 0 Å².